The van der Waals surface area contributed by atoms with Gasteiger partial charge in [0.1, 0.15) is 5.82 Å². The molecule has 3 heteroatoms. The largest absolute Gasteiger partial charge is 0.357 e. The molecule has 1 N–H and O–H groups in total. The summed E-state index contributed by atoms with van der Waals surface area (Å²) in [5, 5.41) is 3.34. The zero-order valence-electron chi connectivity index (χ0n) is 12.8. The molecule has 0 unspecified atom stereocenters. The van der Waals surface area contributed by atoms with E-state index in [2.05, 4.69) is 49.2 Å². The molecule has 0 aliphatic carbocycles. The fraction of sp³-hybridized carbons (Fsp3) is 0.688. The van der Waals surface area contributed by atoms with Crippen LogP contribution in [0.25, 0.3) is 0 Å². The van der Waals surface area contributed by atoms with Crippen molar-refractivity contribution < 1.29 is 0 Å². The molecular formula is C16H29N3. The maximum atomic E-state index is 4.78. The molecule has 0 saturated carbocycles. The molecule has 108 valence electrons. The molecule has 0 aromatic carbocycles. The van der Waals surface area contributed by atoms with Crippen molar-refractivity contribution in [2.75, 3.05) is 24.5 Å². The molecule has 0 amide bonds. The minimum Gasteiger partial charge on any atom is -0.357 e. The zero-order valence-corrected chi connectivity index (χ0v) is 12.8. The van der Waals surface area contributed by atoms with Crippen molar-refractivity contribution in [3.05, 3.63) is 23.9 Å². The van der Waals surface area contributed by atoms with Gasteiger partial charge in [-0.1, -0.05) is 39.7 Å². The van der Waals surface area contributed by atoms with Gasteiger partial charge < -0.3 is 10.2 Å². The Balaban J connectivity index is 2.69. The number of hydrogen-bond donors (Lipinski definition) is 1. The van der Waals surface area contributed by atoms with Gasteiger partial charge in [-0.3, -0.25) is 0 Å². The monoisotopic (exact) mass is 263 g/mol. The van der Waals surface area contributed by atoms with Crippen molar-refractivity contribution in [2.24, 2.45) is 0 Å². The third-order valence-electron chi connectivity index (χ3n) is 3.24. The fourth-order valence-electron chi connectivity index (χ4n) is 2.03. The summed E-state index contributed by atoms with van der Waals surface area (Å²) in [5.74, 6) is 1.14. The van der Waals surface area contributed by atoms with Crippen LogP contribution in [0.4, 0.5) is 5.82 Å². The van der Waals surface area contributed by atoms with Gasteiger partial charge in [0.25, 0.3) is 0 Å². The smallest absolute Gasteiger partial charge is 0.128 e. The van der Waals surface area contributed by atoms with Crippen LogP contribution in [0.5, 0.6) is 0 Å². The third kappa shape index (κ3) is 6.06. The lowest BCUT2D eigenvalue weighted by atomic mass is 10.2. The van der Waals surface area contributed by atoms with Crippen LogP contribution in [0, 0.1) is 0 Å². The molecule has 0 radical (unpaired) electrons. The van der Waals surface area contributed by atoms with Crippen molar-refractivity contribution in [1.82, 2.24) is 10.3 Å². The number of pyridine rings is 1. The molecule has 0 aliphatic heterocycles. The van der Waals surface area contributed by atoms with Gasteiger partial charge >= 0.3 is 0 Å². The van der Waals surface area contributed by atoms with Crippen LogP contribution in [0.3, 0.4) is 0 Å². The van der Waals surface area contributed by atoms with E-state index >= 15 is 0 Å². The highest BCUT2D eigenvalue weighted by Gasteiger charge is 2.07. The highest BCUT2D eigenvalue weighted by molar-refractivity contribution is 5.39. The van der Waals surface area contributed by atoms with E-state index in [-0.39, 0.29) is 0 Å². The molecule has 0 atom stereocenters. The van der Waals surface area contributed by atoms with Crippen LogP contribution < -0.4 is 10.2 Å². The molecule has 1 aromatic heterocycles. The molecular weight excluding hydrogens is 234 g/mol. The predicted octanol–water partition coefficient (Wildman–Crippen LogP) is 3.60. The van der Waals surface area contributed by atoms with E-state index in [0.717, 1.165) is 37.7 Å². The Hall–Kier alpha value is -1.09. The molecule has 0 bridgehead atoms. The third-order valence-corrected chi connectivity index (χ3v) is 3.24. The maximum absolute atomic E-state index is 4.78. The van der Waals surface area contributed by atoms with E-state index in [1.807, 2.05) is 0 Å². The van der Waals surface area contributed by atoms with Gasteiger partial charge in [-0.2, -0.15) is 0 Å². The van der Waals surface area contributed by atoms with E-state index < -0.39 is 0 Å². The minimum absolute atomic E-state index is 0.861. The molecule has 0 fully saturated rings. The Bertz CT molecular complexity index is 331. The molecule has 19 heavy (non-hydrogen) atoms. The number of aromatic nitrogens is 1. The standard InChI is InChI=1S/C16H29N3/c1-4-7-12-19(13-8-5-2)16-11-9-10-15(18-16)14-17-6-3/h9-11,17H,4-8,12-14H2,1-3H3. The fourth-order valence-corrected chi connectivity index (χ4v) is 2.03. The van der Waals surface area contributed by atoms with E-state index in [4.69, 9.17) is 4.98 Å². The lowest BCUT2D eigenvalue weighted by Crippen LogP contribution is -2.27. The average molecular weight is 263 g/mol. The van der Waals surface area contributed by atoms with Crippen molar-refractivity contribution in [3.8, 4) is 0 Å². The number of rotatable bonds is 10. The summed E-state index contributed by atoms with van der Waals surface area (Å²) in [5.41, 5.74) is 1.14. The number of anilines is 1. The summed E-state index contributed by atoms with van der Waals surface area (Å²) in [6.07, 6.45) is 4.95. The zero-order chi connectivity index (χ0) is 13.9. The van der Waals surface area contributed by atoms with Crippen LogP contribution in [0.15, 0.2) is 18.2 Å². The SMILES string of the molecule is CCCCN(CCCC)c1cccc(CNCC)n1. The molecule has 3 nitrogen and oxygen atoms in total. The first-order valence-electron chi connectivity index (χ1n) is 7.73. The summed E-state index contributed by atoms with van der Waals surface area (Å²) in [6, 6.07) is 6.37. The second-order valence-corrected chi connectivity index (χ2v) is 4.96. The number of nitrogens with one attached hydrogen (secondary N) is 1. The van der Waals surface area contributed by atoms with Gasteiger partial charge in [0.15, 0.2) is 0 Å². The predicted molar refractivity (Wildman–Crippen MR) is 83.6 cm³/mol. The normalized spacial score (nSPS) is 10.7. The van der Waals surface area contributed by atoms with E-state index in [1.165, 1.54) is 25.7 Å². The quantitative estimate of drug-likeness (QED) is 0.699. The van der Waals surface area contributed by atoms with Crippen LogP contribution in [0.1, 0.15) is 52.1 Å². The Kier molecular flexibility index (Phi) is 8.23. The Morgan fingerprint density at radius 3 is 2.32 bits per heavy atom. The van der Waals surface area contributed by atoms with Gasteiger partial charge in [-0.15, -0.1) is 0 Å². The van der Waals surface area contributed by atoms with Crippen LogP contribution >= 0.6 is 0 Å². The topological polar surface area (TPSA) is 28.2 Å². The first-order valence-corrected chi connectivity index (χ1v) is 7.73. The second kappa shape index (κ2) is 9.79. The molecule has 1 heterocycles. The van der Waals surface area contributed by atoms with Gasteiger partial charge in [-0.05, 0) is 31.5 Å². The van der Waals surface area contributed by atoms with Crippen molar-refractivity contribution in [1.29, 1.82) is 0 Å². The van der Waals surface area contributed by atoms with Crippen molar-refractivity contribution in [3.63, 3.8) is 0 Å². The first kappa shape index (κ1) is 16.0. The van der Waals surface area contributed by atoms with E-state index in [9.17, 15) is 0 Å². The summed E-state index contributed by atoms with van der Waals surface area (Å²) < 4.78 is 0. The number of nitrogens with zero attached hydrogens (tertiary/aromatic N) is 2. The van der Waals surface area contributed by atoms with E-state index in [0.29, 0.717) is 0 Å². The molecule has 1 rings (SSSR count). The Morgan fingerprint density at radius 1 is 1.05 bits per heavy atom. The maximum Gasteiger partial charge on any atom is 0.128 e. The van der Waals surface area contributed by atoms with Gasteiger partial charge in [0.2, 0.25) is 0 Å². The van der Waals surface area contributed by atoms with E-state index in [1.54, 1.807) is 0 Å². The average Bonchev–Trinajstić information content (AvgIpc) is 2.45. The van der Waals surface area contributed by atoms with Crippen molar-refractivity contribution >= 4 is 5.82 Å². The molecule has 1 aromatic rings. The van der Waals surface area contributed by atoms with Gasteiger partial charge in [-0.25, -0.2) is 4.98 Å². The summed E-state index contributed by atoms with van der Waals surface area (Å²) in [7, 11) is 0. The van der Waals surface area contributed by atoms with Crippen LogP contribution in [-0.4, -0.2) is 24.6 Å². The van der Waals surface area contributed by atoms with Crippen molar-refractivity contribution in [2.45, 2.75) is 53.0 Å². The summed E-state index contributed by atoms with van der Waals surface area (Å²) in [4.78, 5) is 7.21. The summed E-state index contributed by atoms with van der Waals surface area (Å²) >= 11 is 0. The van der Waals surface area contributed by atoms with Crippen LogP contribution in [-0.2, 0) is 6.54 Å². The molecule has 0 spiro atoms. The van der Waals surface area contributed by atoms with Gasteiger partial charge in [0, 0.05) is 19.6 Å². The summed E-state index contributed by atoms with van der Waals surface area (Å²) in [6.45, 7) is 10.7. The van der Waals surface area contributed by atoms with Gasteiger partial charge in [0.05, 0.1) is 5.69 Å². The lowest BCUT2D eigenvalue weighted by Gasteiger charge is -2.24. The first-order chi connectivity index (χ1) is 9.31. The number of hydrogen-bond acceptors (Lipinski definition) is 3. The second-order valence-electron chi connectivity index (χ2n) is 4.96. The molecule has 0 aliphatic rings. The Labute approximate surface area is 118 Å². The lowest BCUT2D eigenvalue weighted by molar-refractivity contribution is 0.664. The minimum atomic E-state index is 0.861. The molecule has 0 saturated heterocycles. The highest BCUT2D eigenvalue weighted by Crippen LogP contribution is 2.13. The Morgan fingerprint density at radius 2 is 1.74 bits per heavy atom. The highest BCUT2D eigenvalue weighted by atomic mass is 15.2. The van der Waals surface area contributed by atoms with Crippen LogP contribution in [0.2, 0.25) is 0 Å². The number of unbranched alkanes of at least 4 members (excludes halogenated alkanes) is 2.